The Morgan fingerprint density at radius 3 is 2.29 bits per heavy atom. The maximum absolute atomic E-state index is 13.0. The fourth-order valence-electron chi connectivity index (χ4n) is 3.64. The smallest absolute Gasteiger partial charge is 0.343 e. The molecular formula is C29H23BrClN3O7S. The number of halogens is 2. The number of esters is 1. The average Bonchev–Trinajstić information content (AvgIpc) is 2.98. The summed E-state index contributed by atoms with van der Waals surface area (Å²) in [5, 5.41) is 4.38. The molecule has 4 aromatic rings. The van der Waals surface area contributed by atoms with Crippen molar-refractivity contribution >= 4 is 61.3 Å². The lowest BCUT2D eigenvalue weighted by Gasteiger charge is -2.12. The number of anilines is 1. The van der Waals surface area contributed by atoms with Crippen molar-refractivity contribution in [2.24, 2.45) is 5.10 Å². The molecule has 10 nitrogen and oxygen atoms in total. The SMILES string of the molecule is COc1ccc(C(=O)Oc2ccc(Br)cc2/C=N/NC(=O)c2ccccc2NS(=O)(=O)c2ccc(Cl)cc2)cc1OC. The summed E-state index contributed by atoms with van der Waals surface area (Å²) >= 11 is 9.22. The summed E-state index contributed by atoms with van der Waals surface area (Å²) in [7, 11) is -1.06. The minimum absolute atomic E-state index is 0.0232. The number of sulfonamides is 1. The Balaban J connectivity index is 1.50. The van der Waals surface area contributed by atoms with E-state index in [-0.39, 0.29) is 27.5 Å². The molecule has 0 fully saturated rings. The topological polar surface area (TPSA) is 132 Å². The standard InChI is InChI=1S/C29H23BrClN3O7S/c1-39-26-13-7-18(16-27(26)40-2)29(36)41-25-14-8-20(30)15-19(25)17-32-33-28(35)23-5-3-4-6-24(23)34-42(37,38)22-11-9-21(31)10-12-22/h3-17,34H,1-2H3,(H,33,35)/b32-17+. The summed E-state index contributed by atoms with van der Waals surface area (Å²) in [6, 6.07) is 21.2. The number of ether oxygens (including phenoxy) is 3. The monoisotopic (exact) mass is 671 g/mol. The lowest BCUT2D eigenvalue weighted by Crippen LogP contribution is -2.21. The molecule has 4 aromatic carbocycles. The highest BCUT2D eigenvalue weighted by Crippen LogP contribution is 2.29. The summed E-state index contributed by atoms with van der Waals surface area (Å²) in [6.07, 6.45) is 1.29. The molecule has 13 heteroatoms. The van der Waals surface area contributed by atoms with Gasteiger partial charge in [0, 0.05) is 15.1 Å². The molecule has 216 valence electrons. The van der Waals surface area contributed by atoms with E-state index in [0.717, 1.165) is 0 Å². The number of amides is 1. The molecule has 0 unspecified atom stereocenters. The molecule has 0 aliphatic rings. The molecule has 0 radical (unpaired) electrons. The number of methoxy groups -OCH3 is 2. The predicted molar refractivity (Wildman–Crippen MR) is 162 cm³/mol. The molecule has 0 heterocycles. The number of hydrazone groups is 1. The third kappa shape index (κ3) is 7.46. The molecule has 0 bridgehead atoms. The van der Waals surface area contributed by atoms with Crippen molar-refractivity contribution in [3.05, 3.63) is 111 Å². The zero-order valence-corrected chi connectivity index (χ0v) is 25.3. The number of carbonyl (C=O) groups excluding carboxylic acids is 2. The first-order valence-electron chi connectivity index (χ1n) is 12.1. The first kappa shape index (κ1) is 30.6. The first-order valence-corrected chi connectivity index (χ1v) is 14.7. The average molecular weight is 673 g/mol. The van der Waals surface area contributed by atoms with Crippen molar-refractivity contribution in [3.8, 4) is 17.2 Å². The van der Waals surface area contributed by atoms with E-state index in [2.05, 4.69) is 31.2 Å². The number of nitrogens with zero attached hydrogens (tertiary/aromatic N) is 1. The number of para-hydroxylation sites is 1. The molecule has 0 saturated heterocycles. The highest BCUT2D eigenvalue weighted by Gasteiger charge is 2.19. The van der Waals surface area contributed by atoms with Crippen molar-refractivity contribution in [2.45, 2.75) is 4.90 Å². The Kier molecular flexibility index (Phi) is 9.84. The molecule has 0 spiro atoms. The van der Waals surface area contributed by atoms with Gasteiger partial charge in [-0.3, -0.25) is 9.52 Å². The third-order valence-corrected chi connectivity index (χ3v) is 7.83. The van der Waals surface area contributed by atoms with Crippen LogP contribution in [0.5, 0.6) is 17.2 Å². The Morgan fingerprint density at radius 2 is 1.57 bits per heavy atom. The van der Waals surface area contributed by atoms with Crippen LogP contribution in [0.2, 0.25) is 5.02 Å². The van der Waals surface area contributed by atoms with E-state index in [4.69, 9.17) is 25.8 Å². The minimum Gasteiger partial charge on any atom is -0.493 e. The Bertz CT molecular complexity index is 1760. The second-order valence-electron chi connectivity index (χ2n) is 8.45. The van der Waals surface area contributed by atoms with Crippen LogP contribution in [0.4, 0.5) is 5.69 Å². The summed E-state index contributed by atoms with van der Waals surface area (Å²) in [5.41, 5.74) is 3.05. The second kappa shape index (κ2) is 13.5. The maximum Gasteiger partial charge on any atom is 0.343 e. The van der Waals surface area contributed by atoms with Gasteiger partial charge in [0.15, 0.2) is 11.5 Å². The van der Waals surface area contributed by atoms with Crippen molar-refractivity contribution in [3.63, 3.8) is 0 Å². The van der Waals surface area contributed by atoms with Crippen molar-refractivity contribution in [1.29, 1.82) is 0 Å². The van der Waals surface area contributed by atoms with Gasteiger partial charge in [0.1, 0.15) is 5.75 Å². The van der Waals surface area contributed by atoms with E-state index in [1.807, 2.05) is 0 Å². The van der Waals surface area contributed by atoms with Crippen molar-refractivity contribution in [1.82, 2.24) is 5.43 Å². The van der Waals surface area contributed by atoms with Crippen molar-refractivity contribution in [2.75, 3.05) is 18.9 Å². The van der Waals surface area contributed by atoms with E-state index in [1.54, 1.807) is 36.4 Å². The number of benzene rings is 4. The van der Waals surface area contributed by atoms with E-state index in [1.165, 1.54) is 69.0 Å². The molecular weight excluding hydrogens is 650 g/mol. The molecule has 0 aliphatic heterocycles. The molecule has 0 saturated carbocycles. The summed E-state index contributed by atoms with van der Waals surface area (Å²) < 4.78 is 44.8. The van der Waals surface area contributed by atoms with Gasteiger partial charge >= 0.3 is 5.97 Å². The minimum atomic E-state index is -4.00. The van der Waals surface area contributed by atoms with Crippen LogP contribution in [0.25, 0.3) is 0 Å². The van der Waals surface area contributed by atoms with E-state index >= 15 is 0 Å². The Morgan fingerprint density at radius 1 is 0.881 bits per heavy atom. The fourth-order valence-corrected chi connectivity index (χ4v) is 5.23. The van der Waals surface area contributed by atoms with Gasteiger partial charge < -0.3 is 14.2 Å². The largest absolute Gasteiger partial charge is 0.493 e. The van der Waals surface area contributed by atoms with Gasteiger partial charge in [-0.2, -0.15) is 5.10 Å². The van der Waals surface area contributed by atoms with E-state index < -0.39 is 21.9 Å². The van der Waals surface area contributed by atoms with Crippen LogP contribution in [0.15, 0.2) is 99.4 Å². The molecule has 1 amide bonds. The van der Waals surface area contributed by atoms with E-state index in [9.17, 15) is 18.0 Å². The van der Waals surface area contributed by atoms with Gasteiger partial charge in [0.05, 0.1) is 42.1 Å². The van der Waals surface area contributed by atoms with Gasteiger partial charge in [-0.1, -0.05) is 39.7 Å². The second-order valence-corrected chi connectivity index (χ2v) is 11.5. The number of hydrogen-bond acceptors (Lipinski definition) is 8. The van der Waals surface area contributed by atoms with Crippen LogP contribution in [0.1, 0.15) is 26.3 Å². The van der Waals surface area contributed by atoms with Crippen LogP contribution in [0, 0.1) is 0 Å². The number of nitrogens with one attached hydrogen (secondary N) is 2. The predicted octanol–water partition coefficient (Wildman–Crippen LogP) is 5.90. The van der Waals surface area contributed by atoms with Crippen molar-refractivity contribution < 1.29 is 32.2 Å². The number of carbonyl (C=O) groups is 2. The van der Waals surface area contributed by atoms with Gasteiger partial charge in [-0.15, -0.1) is 0 Å². The molecule has 42 heavy (non-hydrogen) atoms. The van der Waals surface area contributed by atoms with Crippen LogP contribution in [-0.2, 0) is 10.0 Å². The molecule has 0 aromatic heterocycles. The zero-order valence-electron chi connectivity index (χ0n) is 22.1. The fraction of sp³-hybridized carbons (Fsp3) is 0.0690. The summed E-state index contributed by atoms with van der Waals surface area (Å²) in [5.74, 6) is -0.339. The Labute approximate surface area is 255 Å². The van der Waals surface area contributed by atoms with Crippen LogP contribution in [-0.4, -0.2) is 40.7 Å². The highest BCUT2D eigenvalue weighted by atomic mass is 79.9. The lowest BCUT2D eigenvalue weighted by atomic mass is 10.2. The highest BCUT2D eigenvalue weighted by molar-refractivity contribution is 9.10. The molecule has 4 rings (SSSR count). The van der Waals surface area contributed by atoms with Crippen LogP contribution >= 0.6 is 27.5 Å². The quantitative estimate of drug-likeness (QED) is 0.0928. The van der Waals surface area contributed by atoms with Gasteiger partial charge in [0.25, 0.3) is 15.9 Å². The van der Waals surface area contributed by atoms with Gasteiger partial charge in [0.2, 0.25) is 0 Å². The third-order valence-electron chi connectivity index (χ3n) is 5.70. The number of rotatable bonds is 10. The number of hydrogen-bond donors (Lipinski definition) is 2. The van der Waals surface area contributed by atoms with Gasteiger partial charge in [-0.05, 0) is 72.8 Å². The Hall–Kier alpha value is -4.39. The van der Waals surface area contributed by atoms with Crippen LogP contribution in [0.3, 0.4) is 0 Å². The maximum atomic E-state index is 13.0. The normalized spacial score (nSPS) is 11.1. The lowest BCUT2D eigenvalue weighted by molar-refractivity contribution is 0.0733. The molecule has 0 atom stereocenters. The summed E-state index contributed by atoms with van der Waals surface area (Å²) in [4.78, 5) is 25.8. The summed E-state index contributed by atoms with van der Waals surface area (Å²) in [6.45, 7) is 0. The van der Waals surface area contributed by atoms with Crippen LogP contribution < -0.4 is 24.4 Å². The molecule has 2 N–H and O–H groups in total. The van der Waals surface area contributed by atoms with E-state index in [0.29, 0.717) is 26.6 Å². The zero-order chi connectivity index (χ0) is 30.3. The molecule has 0 aliphatic carbocycles. The first-order chi connectivity index (χ1) is 20.1. The van der Waals surface area contributed by atoms with Gasteiger partial charge in [-0.25, -0.2) is 18.6 Å².